The Morgan fingerprint density at radius 1 is 1.10 bits per heavy atom. The van der Waals surface area contributed by atoms with E-state index in [2.05, 4.69) is 54.1 Å². The smallest absolute Gasteiger partial charge is 0.0775 e. The molecule has 2 aliphatic heterocycles. The van der Waals surface area contributed by atoms with Crippen LogP contribution in [-0.2, 0) is 6.54 Å². The molecule has 0 radical (unpaired) electrons. The van der Waals surface area contributed by atoms with Gasteiger partial charge in [0.2, 0.25) is 0 Å². The fourth-order valence-corrected chi connectivity index (χ4v) is 4.86. The Kier molecular flexibility index (Phi) is 4.02. The monoisotopic (exact) mass is 288 g/mol. The van der Waals surface area contributed by atoms with Gasteiger partial charge in [-0.15, -0.1) is 0 Å². The minimum atomic E-state index is -1.15. The Balaban J connectivity index is 1.56. The molecule has 0 aliphatic carbocycles. The van der Waals surface area contributed by atoms with Gasteiger partial charge in [0.25, 0.3) is 0 Å². The highest BCUT2D eigenvalue weighted by Crippen LogP contribution is 2.28. The van der Waals surface area contributed by atoms with E-state index in [0.29, 0.717) is 6.04 Å². The van der Waals surface area contributed by atoms with Gasteiger partial charge in [-0.3, -0.25) is 4.90 Å². The lowest BCUT2D eigenvalue weighted by Crippen LogP contribution is -2.39. The van der Waals surface area contributed by atoms with E-state index in [4.69, 9.17) is 0 Å². The molecule has 0 aromatic heterocycles. The first kappa shape index (κ1) is 14.3. The molecule has 1 aromatic carbocycles. The van der Waals surface area contributed by atoms with Gasteiger partial charge >= 0.3 is 0 Å². The van der Waals surface area contributed by atoms with Gasteiger partial charge in [0.15, 0.2) is 0 Å². The molecule has 2 saturated heterocycles. The summed E-state index contributed by atoms with van der Waals surface area (Å²) in [5, 5.41) is 5.36. The highest BCUT2D eigenvalue weighted by Gasteiger charge is 2.36. The van der Waals surface area contributed by atoms with Gasteiger partial charge in [-0.05, 0) is 31.4 Å². The zero-order valence-corrected chi connectivity index (χ0v) is 14.2. The molecule has 2 unspecified atom stereocenters. The van der Waals surface area contributed by atoms with Crippen LogP contribution in [0, 0.1) is 0 Å². The van der Waals surface area contributed by atoms with Gasteiger partial charge in [0.05, 0.1) is 8.07 Å². The second-order valence-corrected chi connectivity index (χ2v) is 12.5. The Labute approximate surface area is 124 Å². The maximum absolute atomic E-state index is 3.80. The Morgan fingerprint density at radius 3 is 2.55 bits per heavy atom. The molecule has 20 heavy (non-hydrogen) atoms. The third kappa shape index (κ3) is 3.00. The summed E-state index contributed by atoms with van der Waals surface area (Å²) in [4.78, 5) is 2.67. The number of nitrogens with one attached hydrogen (secondary N) is 1. The van der Waals surface area contributed by atoms with Crippen molar-refractivity contribution in [2.75, 3.05) is 13.1 Å². The number of rotatable bonds is 4. The molecule has 0 amide bonds. The normalized spacial score (nSPS) is 26.9. The summed E-state index contributed by atoms with van der Waals surface area (Å²) < 4.78 is 0. The van der Waals surface area contributed by atoms with Gasteiger partial charge in [-0.1, -0.05) is 49.1 Å². The summed E-state index contributed by atoms with van der Waals surface area (Å²) in [5.74, 6) is 0. The fourth-order valence-electron chi connectivity index (χ4n) is 3.69. The van der Waals surface area contributed by atoms with Crippen molar-refractivity contribution in [1.82, 2.24) is 10.2 Å². The molecule has 1 N–H and O–H groups in total. The first-order valence-corrected chi connectivity index (χ1v) is 11.6. The first-order valence-electron chi connectivity index (χ1n) is 8.11. The molecule has 2 aliphatic rings. The van der Waals surface area contributed by atoms with Crippen LogP contribution < -0.4 is 10.5 Å². The Hall–Kier alpha value is -0.643. The predicted molar refractivity (Wildman–Crippen MR) is 89.3 cm³/mol. The molecule has 110 valence electrons. The van der Waals surface area contributed by atoms with Crippen LogP contribution >= 0.6 is 0 Å². The van der Waals surface area contributed by atoms with Crippen molar-refractivity contribution < 1.29 is 0 Å². The number of hydrogen-bond donors (Lipinski definition) is 1. The van der Waals surface area contributed by atoms with Crippen LogP contribution in [0.1, 0.15) is 24.8 Å². The maximum atomic E-state index is 3.80. The minimum absolute atomic E-state index is 0.717. The summed E-state index contributed by atoms with van der Waals surface area (Å²) in [7, 11) is -1.15. The molecule has 2 atom stereocenters. The lowest BCUT2D eigenvalue weighted by molar-refractivity contribution is 0.298. The zero-order chi connectivity index (χ0) is 14.2. The lowest BCUT2D eigenvalue weighted by Gasteiger charge is -2.22. The van der Waals surface area contributed by atoms with Crippen molar-refractivity contribution in [1.29, 1.82) is 0 Å². The van der Waals surface area contributed by atoms with Crippen molar-refractivity contribution in [3.63, 3.8) is 0 Å². The average molecular weight is 289 g/mol. The van der Waals surface area contributed by atoms with E-state index in [0.717, 1.165) is 12.6 Å². The summed E-state index contributed by atoms with van der Waals surface area (Å²) in [6.07, 6.45) is 4.12. The average Bonchev–Trinajstić information content (AvgIpc) is 2.99. The third-order valence-corrected chi connectivity index (χ3v) is 7.06. The third-order valence-electron chi connectivity index (χ3n) is 4.99. The van der Waals surface area contributed by atoms with E-state index in [1.807, 2.05) is 0 Å². The molecular formula is C17H28N2Si. The van der Waals surface area contributed by atoms with E-state index < -0.39 is 8.07 Å². The van der Waals surface area contributed by atoms with Crippen LogP contribution in [0.5, 0.6) is 0 Å². The van der Waals surface area contributed by atoms with Crippen LogP contribution in [0.25, 0.3) is 0 Å². The van der Waals surface area contributed by atoms with Crippen LogP contribution in [0.3, 0.4) is 0 Å². The standard InChI is InChI=1S/C17H28N2Si/c1-20(2,3)15-8-6-14(7-9-15)13-18-16-10-12-19-11-4-5-17(16)19/h6-9,16-18H,4-5,10-13H2,1-3H3. The Morgan fingerprint density at radius 2 is 1.85 bits per heavy atom. The largest absolute Gasteiger partial charge is 0.308 e. The molecular weight excluding hydrogens is 260 g/mol. The predicted octanol–water partition coefficient (Wildman–Crippen LogP) is 2.56. The number of hydrogen-bond acceptors (Lipinski definition) is 2. The molecule has 1 aromatic rings. The molecule has 0 spiro atoms. The van der Waals surface area contributed by atoms with E-state index >= 15 is 0 Å². The molecule has 0 bridgehead atoms. The van der Waals surface area contributed by atoms with Crippen molar-refractivity contribution in [3.05, 3.63) is 29.8 Å². The lowest BCUT2D eigenvalue weighted by atomic mass is 10.1. The summed E-state index contributed by atoms with van der Waals surface area (Å²) in [6, 6.07) is 10.9. The van der Waals surface area contributed by atoms with Crippen molar-refractivity contribution in [2.24, 2.45) is 0 Å². The van der Waals surface area contributed by atoms with Gasteiger partial charge < -0.3 is 5.32 Å². The molecule has 0 saturated carbocycles. The molecule has 2 nitrogen and oxygen atoms in total. The summed E-state index contributed by atoms with van der Waals surface area (Å²) in [6.45, 7) is 10.9. The molecule has 2 fully saturated rings. The molecule has 2 heterocycles. The number of fused-ring (bicyclic) bond motifs is 1. The van der Waals surface area contributed by atoms with E-state index in [1.165, 1.54) is 37.9 Å². The van der Waals surface area contributed by atoms with Crippen LogP contribution in [0.15, 0.2) is 24.3 Å². The van der Waals surface area contributed by atoms with Gasteiger partial charge in [-0.25, -0.2) is 0 Å². The van der Waals surface area contributed by atoms with E-state index in [9.17, 15) is 0 Å². The van der Waals surface area contributed by atoms with Crippen molar-refractivity contribution in [2.45, 2.75) is 57.5 Å². The highest BCUT2D eigenvalue weighted by molar-refractivity contribution is 6.88. The topological polar surface area (TPSA) is 15.3 Å². The second-order valence-electron chi connectivity index (χ2n) is 7.47. The molecule has 3 rings (SSSR count). The Bertz CT molecular complexity index is 449. The van der Waals surface area contributed by atoms with Crippen LogP contribution in [-0.4, -0.2) is 38.1 Å². The highest BCUT2D eigenvalue weighted by atomic mass is 28.3. The second kappa shape index (κ2) is 5.62. The van der Waals surface area contributed by atoms with E-state index in [-0.39, 0.29) is 0 Å². The quantitative estimate of drug-likeness (QED) is 0.857. The van der Waals surface area contributed by atoms with E-state index in [1.54, 1.807) is 5.19 Å². The molecule has 3 heteroatoms. The fraction of sp³-hybridized carbons (Fsp3) is 0.647. The van der Waals surface area contributed by atoms with Gasteiger partial charge in [0, 0.05) is 25.2 Å². The maximum Gasteiger partial charge on any atom is 0.0775 e. The zero-order valence-electron chi connectivity index (χ0n) is 13.2. The van der Waals surface area contributed by atoms with Crippen molar-refractivity contribution in [3.8, 4) is 0 Å². The van der Waals surface area contributed by atoms with Crippen LogP contribution in [0.2, 0.25) is 19.6 Å². The first-order chi connectivity index (χ1) is 9.54. The summed E-state index contributed by atoms with van der Waals surface area (Å²) >= 11 is 0. The van der Waals surface area contributed by atoms with Gasteiger partial charge in [-0.2, -0.15) is 0 Å². The number of nitrogens with zero attached hydrogens (tertiary/aromatic N) is 1. The minimum Gasteiger partial charge on any atom is -0.308 e. The van der Waals surface area contributed by atoms with Crippen molar-refractivity contribution >= 4 is 13.3 Å². The SMILES string of the molecule is C[Si](C)(C)c1ccc(CNC2CCN3CCCC23)cc1. The number of benzene rings is 1. The van der Waals surface area contributed by atoms with Crippen LogP contribution in [0.4, 0.5) is 0 Å². The van der Waals surface area contributed by atoms with Gasteiger partial charge in [0.1, 0.15) is 0 Å². The summed E-state index contributed by atoms with van der Waals surface area (Å²) in [5.41, 5.74) is 1.43.